The summed E-state index contributed by atoms with van der Waals surface area (Å²) in [6, 6.07) is 12.4. The van der Waals surface area contributed by atoms with E-state index >= 15 is 0 Å². The predicted octanol–water partition coefficient (Wildman–Crippen LogP) is 3.21. The highest BCUT2D eigenvalue weighted by Gasteiger charge is 2.01. The second-order valence-electron chi connectivity index (χ2n) is 4.98. The van der Waals surface area contributed by atoms with Crippen molar-refractivity contribution in [2.24, 2.45) is 0 Å². The normalized spacial score (nSPS) is 10.8. The van der Waals surface area contributed by atoms with Crippen molar-refractivity contribution in [3.63, 3.8) is 0 Å². The summed E-state index contributed by atoms with van der Waals surface area (Å²) < 4.78 is 5.11. The molecule has 2 aromatic rings. The Bertz CT molecular complexity index is 672. The zero-order valence-corrected chi connectivity index (χ0v) is 12.3. The van der Waals surface area contributed by atoms with Crippen LogP contribution in [0, 0.1) is 6.92 Å². The number of carbonyl (C=O) groups excluding carboxylic acids is 1. The van der Waals surface area contributed by atoms with E-state index in [0.29, 0.717) is 18.6 Å². The fourth-order valence-corrected chi connectivity index (χ4v) is 1.88. The largest absolute Gasteiger partial charge is 0.504 e. The van der Waals surface area contributed by atoms with Crippen molar-refractivity contribution in [3.05, 3.63) is 65.2 Å². The van der Waals surface area contributed by atoms with Crippen molar-refractivity contribution in [1.29, 1.82) is 0 Å². The van der Waals surface area contributed by atoms with E-state index in [1.165, 1.54) is 29.8 Å². The quantitative estimate of drug-likeness (QED) is 0.505. The topological polar surface area (TPSA) is 66.8 Å². The molecule has 0 amide bonds. The highest BCUT2D eigenvalue weighted by molar-refractivity contribution is 5.87. The Morgan fingerprint density at radius 3 is 2.50 bits per heavy atom. The average Bonchev–Trinajstić information content (AvgIpc) is 2.50. The van der Waals surface area contributed by atoms with Gasteiger partial charge in [0, 0.05) is 12.5 Å². The van der Waals surface area contributed by atoms with Crippen LogP contribution in [-0.4, -0.2) is 22.8 Å². The van der Waals surface area contributed by atoms with E-state index in [0.717, 1.165) is 5.56 Å². The van der Waals surface area contributed by atoms with E-state index in [4.69, 9.17) is 4.74 Å². The molecule has 4 heteroatoms. The van der Waals surface area contributed by atoms with Gasteiger partial charge in [0.05, 0.1) is 6.61 Å². The van der Waals surface area contributed by atoms with Gasteiger partial charge in [0.15, 0.2) is 11.5 Å². The fourth-order valence-electron chi connectivity index (χ4n) is 1.88. The Morgan fingerprint density at radius 2 is 1.82 bits per heavy atom. The zero-order valence-electron chi connectivity index (χ0n) is 12.3. The molecule has 0 saturated heterocycles. The van der Waals surface area contributed by atoms with Gasteiger partial charge < -0.3 is 14.9 Å². The first kappa shape index (κ1) is 15.6. The van der Waals surface area contributed by atoms with Gasteiger partial charge in [0.2, 0.25) is 0 Å². The molecular weight excluding hydrogens is 280 g/mol. The van der Waals surface area contributed by atoms with Gasteiger partial charge in [0.1, 0.15) is 0 Å². The fraction of sp³-hybridized carbons (Fsp3) is 0.167. The van der Waals surface area contributed by atoms with Crippen LogP contribution < -0.4 is 0 Å². The van der Waals surface area contributed by atoms with Gasteiger partial charge in [-0.1, -0.05) is 35.9 Å². The lowest BCUT2D eigenvalue weighted by Gasteiger charge is -2.03. The number of ether oxygens (including phenoxy) is 1. The number of phenolic OH excluding ortho intramolecular Hbond substituents is 2. The van der Waals surface area contributed by atoms with Crippen LogP contribution in [0.4, 0.5) is 0 Å². The van der Waals surface area contributed by atoms with E-state index in [2.05, 4.69) is 0 Å². The van der Waals surface area contributed by atoms with Crippen LogP contribution in [-0.2, 0) is 16.0 Å². The highest BCUT2D eigenvalue weighted by Crippen LogP contribution is 2.25. The molecule has 114 valence electrons. The van der Waals surface area contributed by atoms with Crippen LogP contribution in [0.25, 0.3) is 6.08 Å². The smallest absolute Gasteiger partial charge is 0.330 e. The Morgan fingerprint density at radius 1 is 1.09 bits per heavy atom. The summed E-state index contributed by atoms with van der Waals surface area (Å²) in [5, 5.41) is 18.5. The van der Waals surface area contributed by atoms with Crippen molar-refractivity contribution in [3.8, 4) is 11.5 Å². The van der Waals surface area contributed by atoms with Crippen LogP contribution in [0.1, 0.15) is 16.7 Å². The Hall–Kier alpha value is -2.75. The van der Waals surface area contributed by atoms with E-state index in [9.17, 15) is 15.0 Å². The molecule has 0 atom stereocenters. The van der Waals surface area contributed by atoms with Crippen molar-refractivity contribution >= 4 is 12.0 Å². The number of rotatable bonds is 5. The Balaban J connectivity index is 1.81. The van der Waals surface area contributed by atoms with Crippen LogP contribution in [0.5, 0.6) is 11.5 Å². The third kappa shape index (κ3) is 4.66. The van der Waals surface area contributed by atoms with Crippen molar-refractivity contribution in [1.82, 2.24) is 0 Å². The predicted molar refractivity (Wildman–Crippen MR) is 84.6 cm³/mol. The molecule has 0 aromatic heterocycles. The van der Waals surface area contributed by atoms with Crippen LogP contribution in [0.3, 0.4) is 0 Å². The third-order valence-corrected chi connectivity index (χ3v) is 3.17. The maximum absolute atomic E-state index is 11.6. The van der Waals surface area contributed by atoms with Gasteiger partial charge >= 0.3 is 5.97 Å². The molecule has 2 N–H and O–H groups in total. The van der Waals surface area contributed by atoms with Gasteiger partial charge in [-0.15, -0.1) is 0 Å². The summed E-state index contributed by atoms with van der Waals surface area (Å²) >= 11 is 0. The van der Waals surface area contributed by atoms with Crippen LogP contribution >= 0.6 is 0 Å². The molecule has 0 aliphatic heterocycles. The first-order valence-corrected chi connectivity index (χ1v) is 6.97. The molecule has 2 rings (SSSR count). The second kappa shape index (κ2) is 7.31. The number of esters is 1. The molecule has 2 aromatic carbocycles. The minimum Gasteiger partial charge on any atom is -0.504 e. The monoisotopic (exact) mass is 298 g/mol. The third-order valence-electron chi connectivity index (χ3n) is 3.17. The van der Waals surface area contributed by atoms with Crippen LogP contribution in [0.2, 0.25) is 0 Å². The average molecular weight is 298 g/mol. The Labute approximate surface area is 129 Å². The molecule has 0 saturated carbocycles. The Kier molecular flexibility index (Phi) is 5.20. The molecule has 0 bridgehead atoms. The number of carbonyl (C=O) groups is 1. The molecule has 4 nitrogen and oxygen atoms in total. The van der Waals surface area contributed by atoms with Gasteiger partial charge in [-0.05, 0) is 36.3 Å². The lowest BCUT2D eigenvalue weighted by molar-refractivity contribution is -0.137. The van der Waals surface area contributed by atoms with E-state index < -0.39 is 5.97 Å². The highest BCUT2D eigenvalue weighted by atomic mass is 16.5. The summed E-state index contributed by atoms with van der Waals surface area (Å²) in [4.78, 5) is 11.6. The SMILES string of the molecule is Cc1ccc(CCOC(=O)/C=C/c2ccc(O)c(O)c2)cc1. The molecule has 0 unspecified atom stereocenters. The maximum atomic E-state index is 11.6. The van der Waals surface area contributed by atoms with E-state index in [1.807, 2.05) is 31.2 Å². The number of phenols is 2. The lowest BCUT2D eigenvalue weighted by Crippen LogP contribution is -2.04. The minimum atomic E-state index is -0.445. The van der Waals surface area contributed by atoms with Crippen LogP contribution in [0.15, 0.2) is 48.5 Å². The molecule has 0 spiro atoms. The summed E-state index contributed by atoms with van der Waals surface area (Å²) in [7, 11) is 0. The van der Waals surface area contributed by atoms with E-state index in [-0.39, 0.29) is 11.5 Å². The van der Waals surface area contributed by atoms with Gasteiger partial charge in [0.25, 0.3) is 0 Å². The van der Waals surface area contributed by atoms with Crippen molar-refractivity contribution < 1.29 is 19.7 Å². The molecule has 22 heavy (non-hydrogen) atoms. The lowest BCUT2D eigenvalue weighted by atomic mass is 10.1. The minimum absolute atomic E-state index is 0.196. The molecule has 0 radical (unpaired) electrons. The second-order valence-corrected chi connectivity index (χ2v) is 4.98. The summed E-state index contributed by atoms with van der Waals surface area (Å²) in [6.45, 7) is 2.34. The number of aryl methyl sites for hydroxylation is 1. The number of aromatic hydroxyl groups is 2. The maximum Gasteiger partial charge on any atom is 0.330 e. The molecular formula is C18H18O4. The molecule has 0 aliphatic rings. The first-order chi connectivity index (χ1) is 10.5. The molecule has 0 fully saturated rings. The van der Waals surface area contributed by atoms with Gasteiger partial charge in [-0.3, -0.25) is 0 Å². The first-order valence-electron chi connectivity index (χ1n) is 6.97. The molecule has 0 heterocycles. The number of benzene rings is 2. The summed E-state index contributed by atoms with van der Waals surface area (Å²) in [5.74, 6) is -0.868. The summed E-state index contributed by atoms with van der Waals surface area (Å²) in [6.07, 6.45) is 3.48. The zero-order chi connectivity index (χ0) is 15.9. The van der Waals surface area contributed by atoms with Gasteiger partial charge in [-0.25, -0.2) is 4.79 Å². The molecule has 0 aliphatic carbocycles. The van der Waals surface area contributed by atoms with Crippen molar-refractivity contribution in [2.45, 2.75) is 13.3 Å². The van der Waals surface area contributed by atoms with E-state index in [1.54, 1.807) is 6.07 Å². The number of hydrogen-bond donors (Lipinski definition) is 2. The van der Waals surface area contributed by atoms with Gasteiger partial charge in [-0.2, -0.15) is 0 Å². The standard InChI is InChI=1S/C18H18O4/c1-13-2-4-14(5-3-13)10-11-22-18(21)9-7-15-6-8-16(19)17(20)12-15/h2-9,12,19-20H,10-11H2,1H3/b9-7+. The number of hydrogen-bond acceptors (Lipinski definition) is 4. The van der Waals surface area contributed by atoms with Crippen molar-refractivity contribution in [2.75, 3.05) is 6.61 Å². The summed E-state index contributed by atoms with van der Waals surface area (Å²) in [5.41, 5.74) is 2.91.